The van der Waals surface area contributed by atoms with Crippen LogP contribution in [-0.2, 0) is 0 Å². The van der Waals surface area contributed by atoms with Gasteiger partial charge in [0, 0.05) is 11.5 Å². The average molecular weight is 225 g/mol. The van der Waals surface area contributed by atoms with E-state index in [0.717, 1.165) is 24.8 Å². The van der Waals surface area contributed by atoms with Gasteiger partial charge < -0.3 is 10.4 Å². The van der Waals surface area contributed by atoms with Crippen LogP contribution >= 0.6 is 0 Å². The molecule has 0 amide bonds. The first-order valence-corrected chi connectivity index (χ1v) is 6.91. The van der Waals surface area contributed by atoms with Gasteiger partial charge in [-0.15, -0.1) is 0 Å². The zero-order valence-corrected chi connectivity index (χ0v) is 11.0. The highest BCUT2D eigenvalue weighted by Gasteiger charge is 2.46. The van der Waals surface area contributed by atoms with Crippen LogP contribution in [0.2, 0.25) is 0 Å². The van der Waals surface area contributed by atoms with Crippen LogP contribution in [0.25, 0.3) is 0 Å². The molecule has 2 rings (SSSR count). The number of rotatable bonds is 3. The molecule has 0 aliphatic heterocycles. The third-order valence-electron chi connectivity index (χ3n) is 5.00. The van der Waals surface area contributed by atoms with Gasteiger partial charge in [0.1, 0.15) is 0 Å². The Kier molecular flexibility index (Phi) is 3.60. The van der Waals surface area contributed by atoms with Crippen LogP contribution < -0.4 is 5.32 Å². The fourth-order valence-electron chi connectivity index (χ4n) is 3.09. The molecular weight excluding hydrogens is 198 g/mol. The third kappa shape index (κ3) is 2.43. The molecule has 2 nitrogen and oxygen atoms in total. The van der Waals surface area contributed by atoms with Gasteiger partial charge in [-0.25, -0.2) is 0 Å². The molecule has 0 radical (unpaired) electrons. The van der Waals surface area contributed by atoms with Gasteiger partial charge in [-0.2, -0.15) is 0 Å². The lowest BCUT2D eigenvalue weighted by atomic mass is 9.64. The van der Waals surface area contributed by atoms with Crippen molar-refractivity contribution in [1.82, 2.24) is 5.32 Å². The molecule has 0 bridgehead atoms. The molecule has 0 heterocycles. The Labute approximate surface area is 99.8 Å². The molecule has 0 spiro atoms. The van der Waals surface area contributed by atoms with E-state index in [-0.39, 0.29) is 11.5 Å². The largest absolute Gasteiger partial charge is 0.392 e. The highest BCUT2D eigenvalue weighted by atomic mass is 16.3. The summed E-state index contributed by atoms with van der Waals surface area (Å²) in [5, 5.41) is 13.3. The van der Waals surface area contributed by atoms with Crippen molar-refractivity contribution in [3.8, 4) is 0 Å². The second-order valence-corrected chi connectivity index (χ2v) is 6.66. The lowest BCUT2D eigenvalue weighted by Gasteiger charge is -2.50. The van der Waals surface area contributed by atoms with Gasteiger partial charge in [0.2, 0.25) is 0 Å². The number of aliphatic hydroxyl groups excluding tert-OH is 1. The summed E-state index contributed by atoms with van der Waals surface area (Å²) in [5.74, 6) is 1.82. The molecule has 0 aromatic carbocycles. The van der Waals surface area contributed by atoms with E-state index in [1.807, 2.05) is 0 Å². The molecule has 0 aromatic rings. The van der Waals surface area contributed by atoms with E-state index in [4.69, 9.17) is 0 Å². The molecule has 2 heteroatoms. The van der Waals surface area contributed by atoms with E-state index < -0.39 is 0 Å². The Balaban J connectivity index is 1.69. The molecular formula is C14H27NO. The minimum absolute atomic E-state index is 0.0853. The maximum atomic E-state index is 9.68. The Morgan fingerprint density at radius 2 is 1.81 bits per heavy atom. The van der Waals surface area contributed by atoms with Gasteiger partial charge in [0.05, 0.1) is 6.10 Å². The number of nitrogens with one attached hydrogen (secondary N) is 1. The predicted molar refractivity (Wildman–Crippen MR) is 67.3 cm³/mol. The summed E-state index contributed by atoms with van der Waals surface area (Å²) >= 11 is 0. The standard InChI is InChI=1S/C14H27NO/c1-10-4-6-11(7-5-10)9-15-12-8-13(16)14(12,2)3/h10-13,15-16H,4-9H2,1-3H3. The minimum Gasteiger partial charge on any atom is -0.392 e. The van der Waals surface area contributed by atoms with Crippen molar-refractivity contribution in [2.45, 2.75) is 65.0 Å². The van der Waals surface area contributed by atoms with Crippen LogP contribution in [0.1, 0.15) is 52.9 Å². The first-order valence-electron chi connectivity index (χ1n) is 6.91. The van der Waals surface area contributed by atoms with Crippen molar-refractivity contribution in [2.75, 3.05) is 6.54 Å². The van der Waals surface area contributed by atoms with Gasteiger partial charge in [-0.1, -0.05) is 33.6 Å². The van der Waals surface area contributed by atoms with E-state index in [1.165, 1.54) is 25.7 Å². The van der Waals surface area contributed by atoms with Crippen LogP contribution in [0, 0.1) is 17.3 Å². The Morgan fingerprint density at radius 1 is 1.19 bits per heavy atom. The van der Waals surface area contributed by atoms with Gasteiger partial charge in [-0.05, 0) is 37.6 Å². The molecule has 2 saturated carbocycles. The highest BCUT2D eigenvalue weighted by Crippen LogP contribution is 2.40. The number of aliphatic hydroxyl groups is 1. The van der Waals surface area contributed by atoms with Crippen LogP contribution in [-0.4, -0.2) is 23.8 Å². The monoisotopic (exact) mass is 225 g/mol. The second-order valence-electron chi connectivity index (χ2n) is 6.66. The zero-order valence-electron chi connectivity index (χ0n) is 11.0. The smallest absolute Gasteiger partial charge is 0.0621 e. The van der Waals surface area contributed by atoms with E-state index in [0.29, 0.717) is 6.04 Å². The number of hydrogen-bond acceptors (Lipinski definition) is 2. The molecule has 0 saturated heterocycles. The van der Waals surface area contributed by atoms with E-state index in [2.05, 4.69) is 26.1 Å². The fraction of sp³-hybridized carbons (Fsp3) is 1.00. The summed E-state index contributed by atoms with van der Waals surface area (Å²) < 4.78 is 0. The van der Waals surface area contributed by atoms with Crippen LogP contribution in [0.15, 0.2) is 0 Å². The van der Waals surface area contributed by atoms with Gasteiger partial charge in [0.25, 0.3) is 0 Å². The van der Waals surface area contributed by atoms with E-state index >= 15 is 0 Å². The van der Waals surface area contributed by atoms with Crippen molar-refractivity contribution in [1.29, 1.82) is 0 Å². The second kappa shape index (κ2) is 4.66. The Hall–Kier alpha value is -0.0800. The molecule has 2 aliphatic carbocycles. The molecule has 2 fully saturated rings. The lowest BCUT2D eigenvalue weighted by molar-refractivity contribution is -0.0736. The molecule has 94 valence electrons. The molecule has 16 heavy (non-hydrogen) atoms. The molecule has 2 aliphatic rings. The SMILES string of the molecule is CC1CCC(CNC2CC(O)C2(C)C)CC1. The maximum Gasteiger partial charge on any atom is 0.0621 e. The summed E-state index contributed by atoms with van der Waals surface area (Å²) in [7, 11) is 0. The van der Waals surface area contributed by atoms with Crippen LogP contribution in [0.5, 0.6) is 0 Å². The van der Waals surface area contributed by atoms with Crippen molar-refractivity contribution >= 4 is 0 Å². The molecule has 2 unspecified atom stereocenters. The van der Waals surface area contributed by atoms with Crippen molar-refractivity contribution in [3.63, 3.8) is 0 Å². The third-order valence-corrected chi connectivity index (χ3v) is 5.00. The quantitative estimate of drug-likeness (QED) is 0.773. The molecule has 2 N–H and O–H groups in total. The van der Waals surface area contributed by atoms with Crippen LogP contribution in [0.3, 0.4) is 0 Å². The molecule has 2 atom stereocenters. The van der Waals surface area contributed by atoms with Crippen molar-refractivity contribution in [3.05, 3.63) is 0 Å². The van der Waals surface area contributed by atoms with Gasteiger partial charge in [-0.3, -0.25) is 0 Å². The normalized spacial score (nSPS) is 42.8. The van der Waals surface area contributed by atoms with Crippen molar-refractivity contribution in [2.24, 2.45) is 17.3 Å². The minimum atomic E-state index is -0.101. The summed E-state index contributed by atoms with van der Waals surface area (Å²) in [5.41, 5.74) is 0.0853. The predicted octanol–water partition coefficient (Wildman–Crippen LogP) is 2.56. The maximum absolute atomic E-state index is 9.68. The molecule has 0 aromatic heterocycles. The van der Waals surface area contributed by atoms with Crippen molar-refractivity contribution < 1.29 is 5.11 Å². The fourth-order valence-corrected chi connectivity index (χ4v) is 3.09. The summed E-state index contributed by atoms with van der Waals surface area (Å²) in [4.78, 5) is 0. The zero-order chi connectivity index (χ0) is 11.8. The van der Waals surface area contributed by atoms with Gasteiger partial charge in [0.15, 0.2) is 0 Å². The Morgan fingerprint density at radius 3 is 2.31 bits per heavy atom. The number of hydrogen-bond donors (Lipinski definition) is 2. The highest BCUT2D eigenvalue weighted by molar-refractivity contribution is 5.01. The first kappa shape index (κ1) is 12.4. The summed E-state index contributed by atoms with van der Waals surface area (Å²) in [6.07, 6.45) is 6.44. The topological polar surface area (TPSA) is 32.3 Å². The first-order chi connectivity index (χ1) is 7.50. The Bertz CT molecular complexity index is 231. The average Bonchev–Trinajstić information content (AvgIpc) is 2.26. The van der Waals surface area contributed by atoms with E-state index in [1.54, 1.807) is 0 Å². The van der Waals surface area contributed by atoms with E-state index in [9.17, 15) is 5.11 Å². The summed E-state index contributed by atoms with van der Waals surface area (Å²) in [6, 6.07) is 0.529. The summed E-state index contributed by atoms with van der Waals surface area (Å²) in [6.45, 7) is 7.87. The van der Waals surface area contributed by atoms with Crippen LogP contribution in [0.4, 0.5) is 0 Å². The van der Waals surface area contributed by atoms with Gasteiger partial charge >= 0.3 is 0 Å². The lowest BCUT2D eigenvalue weighted by Crippen LogP contribution is -2.60.